The second-order valence-electron chi connectivity index (χ2n) is 6.77. The Balaban J connectivity index is 1.95. The normalized spacial score (nSPS) is 11.8. The minimum atomic E-state index is 1.30. The minimum Gasteiger partial charge on any atom is -0.0610 e. The van der Waals surface area contributed by atoms with E-state index in [2.05, 4.69) is 86.6 Å². The van der Waals surface area contributed by atoms with Crippen molar-refractivity contribution >= 4 is 32.3 Å². The first kappa shape index (κ1) is 13.6. The highest BCUT2D eigenvalue weighted by Gasteiger charge is 2.11. The monoisotopic (exact) mass is 306 g/mol. The summed E-state index contributed by atoms with van der Waals surface area (Å²) in [6, 6.07) is 26.9. The largest absolute Gasteiger partial charge is 0.0610 e. The molecule has 0 amide bonds. The summed E-state index contributed by atoms with van der Waals surface area (Å²) < 4.78 is 0. The van der Waals surface area contributed by atoms with Gasteiger partial charge in [0, 0.05) is 0 Å². The molecular weight excluding hydrogens is 288 g/mol. The lowest BCUT2D eigenvalue weighted by Crippen LogP contribution is -1.88. The van der Waals surface area contributed by atoms with E-state index < -0.39 is 0 Å². The van der Waals surface area contributed by atoms with Crippen LogP contribution in [0.3, 0.4) is 0 Å². The summed E-state index contributed by atoms with van der Waals surface area (Å²) >= 11 is 0. The highest BCUT2D eigenvalue weighted by Crippen LogP contribution is 2.39. The molecule has 0 aliphatic heterocycles. The number of rotatable bonds is 1. The van der Waals surface area contributed by atoms with Crippen LogP contribution in [0, 0.1) is 13.8 Å². The molecule has 0 aliphatic carbocycles. The van der Waals surface area contributed by atoms with E-state index in [9.17, 15) is 0 Å². The number of aryl methyl sites for hydroxylation is 2. The van der Waals surface area contributed by atoms with Crippen LogP contribution in [-0.4, -0.2) is 0 Å². The number of hydrogen-bond donors (Lipinski definition) is 0. The van der Waals surface area contributed by atoms with Crippen molar-refractivity contribution in [2.75, 3.05) is 0 Å². The molecule has 0 atom stereocenters. The first-order valence-corrected chi connectivity index (χ1v) is 8.46. The molecule has 114 valence electrons. The van der Waals surface area contributed by atoms with Gasteiger partial charge in [0.25, 0.3) is 0 Å². The predicted molar refractivity (Wildman–Crippen MR) is 105 cm³/mol. The van der Waals surface area contributed by atoms with Crippen LogP contribution in [0.5, 0.6) is 0 Å². The second-order valence-corrected chi connectivity index (χ2v) is 6.77. The van der Waals surface area contributed by atoms with Gasteiger partial charge in [-0.05, 0) is 68.4 Å². The Hall–Kier alpha value is -2.86. The summed E-state index contributed by atoms with van der Waals surface area (Å²) in [5, 5.41) is 8.09. The maximum absolute atomic E-state index is 2.31. The van der Waals surface area contributed by atoms with E-state index in [0.29, 0.717) is 0 Å². The Kier molecular flexibility index (Phi) is 2.72. The van der Waals surface area contributed by atoms with Crippen LogP contribution >= 0.6 is 0 Å². The SMILES string of the molecule is Cc1ccc(-c2ccc3ccc4cccc5ccc2c3c45)cc1C. The zero-order chi connectivity index (χ0) is 16.3. The van der Waals surface area contributed by atoms with Gasteiger partial charge in [0.05, 0.1) is 0 Å². The Morgan fingerprint density at radius 2 is 1.21 bits per heavy atom. The molecule has 0 saturated carbocycles. The smallest absolute Gasteiger partial charge is 0.00206 e. The van der Waals surface area contributed by atoms with Crippen LogP contribution in [-0.2, 0) is 0 Å². The van der Waals surface area contributed by atoms with Gasteiger partial charge in [-0.3, -0.25) is 0 Å². The lowest BCUT2D eigenvalue weighted by atomic mass is 9.89. The summed E-state index contributed by atoms with van der Waals surface area (Å²) in [6.45, 7) is 4.36. The molecule has 24 heavy (non-hydrogen) atoms. The van der Waals surface area contributed by atoms with Crippen LogP contribution in [0.4, 0.5) is 0 Å². The van der Waals surface area contributed by atoms with E-state index in [-0.39, 0.29) is 0 Å². The second kappa shape index (κ2) is 4.82. The average molecular weight is 306 g/mol. The van der Waals surface area contributed by atoms with E-state index >= 15 is 0 Å². The summed E-state index contributed by atoms with van der Waals surface area (Å²) in [7, 11) is 0. The standard InChI is InChI=1S/C24H18/c1-15-6-7-20(14-16(15)2)21-12-10-19-9-8-17-4-3-5-18-11-13-22(21)24(19)23(17)18/h3-14H,1-2H3. The molecule has 5 aromatic rings. The van der Waals surface area contributed by atoms with Crippen molar-refractivity contribution in [2.24, 2.45) is 0 Å². The van der Waals surface area contributed by atoms with Crippen molar-refractivity contribution in [3.63, 3.8) is 0 Å². The Morgan fingerprint density at radius 1 is 0.542 bits per heavy atom. The van der Waals surface area contributed by atoms with Gasteiger partial charge in [-0.1, -0.05) is 72.8 Å². The molecule has 0 heteroatoms. The Labute approximate surface area is 141 Å². The highest BCUT2D eigenvalue weighted by atomic mass is 14.1. The quantitative estimate of drug-likeness (QED) is 0.296. The van der Waals surface area contributed by atoms with E-state index in [4.69, 9.17) is 0 Å². The molecule has 5 aromatic carbocycles. The van der Waals surface area contributed by atoms with Gasteiger partial charge in [0.15, 0.2) is 0 Å². The minimum absolute atomic E-state index is 1.30. The molecule has 0 N–H and O–H groups in total. The van der Waals surface area contributed by atoms with E-state index in [1.165, 1.54) is 54.6 Å². The number of benzene rings is 5. The fraction of sp³-hybridized carbons (Fsp3) is 0.0833. The van der Waals surface area contributed by atoms with Gasteiger partial charge in [-0.25, -0.2) is 0 Å². The van der Waals surface area contributed by atoms with Crippen molar-refractivity contribution in [1.82, 2.24) is 0 Å². The van der Waals surface area contributed by atoms with Crippen molar-refractivity contribution in [2.45, 2.75) is 13.8 Å². The zero-order valence-corrected chi connectivity index (χ0v) is 13.9. The molecule has 0 saturated heterocycles. The van der Waals surface area contributed by atoms with Gasteiger partial charge in [0.2, 0.25) is 0 Å². The van der Waals surface area contributed by atoms with Gasteiger partial charge >= 0.3 is 0 Å². The fourth-order valence-corrected chi connectivity index (χ4v) is 3.90. The first-order chi connectivity index (χ1) is 11.7. The number of hydrogen-bond acceptors (Lipinski definition) is 0. The summed E-state index contributed by atoms with van der Waals surface area (Å²) in [4.78, 5) is 0. The van der Waals surface area contributed by atoms with E-state index in [1.54, 1.807) is 0 Å². The van der Waals surface area contributed by atoms with Crippen LogP contribution in [0.1, 0.15) is 11.1 Å². The highest BCUT2D eigenvalue weighted by molar-refractivity contribution is 6.25. The van der Waals surface area contributed by atoms with Gasteiger partial charge < -0.3 is 0 Å². The van der Waals surface area contributed by atoms with Crippen molar-refractivity contribution in [3.05, 3.63) is 83.9 Å². The summed E-state index contributed by atoms with van der Waals surface area (Å²) in [5.74, 6) is 0. The van der Waals surface area contributed by atoms with Gasteiger partial charge in [-0.2, -0.15) is 0 Å². The Bertz CT molecular complexity index is 1200. The van der Waals surface area contributed by atoms with Crippen LogP contribution < -0.4 is 0 Å². The maximum atomic E-state index is 2.31. The average Bonchev–Trinajstić information content (AvgIpc) is 2.62. The summed E-state index contributed by atoms with van der Waals surface area (Å²) in [6.07, 6.45) is 0. The summed E-state index contributed by atoms with van der Waals surface area (Å²) in [5.41, 5.74) is 5.31. The first-order valence-electron chi connectivity index (χ1n) is 8.46. The van der Waals surface area contributed by atoms with Crippen LogP contribution in [0.2, 0.25) is 0 Å². The molecule has 0 spiro atoms. The Morgan fingerprint density at radius 3 is 1.96 bits per heavy atom. The molecule has 0 radical (unpaired) electrons. The molecule has 0 unspecified atom stereocenters. The fourth-order valence-electron chi connectivity index (χ4n) is 3.90. The lowest BCUT2D eigenvalue weighted by molar-refractivity contribution is 1.34. The third kappa shape index (κ3) is 1.80. The van der Waals surface area contributed by atoms with E-state index in [1.807, 2.05) is 0 Å². The predicted octanol–water partition coefficient (Wildman–Crippen LogP) is 6.87. The third-order valence-electron chi connectivity index (χ3n) is 5.35. The molecule has 0 nitrogen and oxygen atoms in total. The third-order valence-corrected chi connectivity index (χ3v) is 5.35. The maximum Gasteiger partial charge on any atom is -0.00206 e. The van der Waals surface area contributed by atoms with Crippen molar-refractivity contribution in [1.29, 1.82) is 0 Å². The van der Waals surface area contributed by atoms with Crippen molar-refractivity contribution in [3.8, 4) is 11.1 Å². The molecular formula is C24H18. The molecule has 0 aromatic heterocycles. The molecule has 0 heterocycles. The molecule has 5 rings (SSSR count). The molecule has 0 bridgehead atoms. The van der Waals surface area contributed by atoms with Crippen LogP contribution in [0.25, 0.3) is 43.4 Å². The topological polar surface area (TPSA) is 0 Å². The zero-order valence-electron chi connectivity index (χ0n) is 13.9. The van der Waals surface area contributed by atoms with Crippen LogP contribution in [0.15, 0.2) is 72.8 Å². The van der Waals surface area contributed by atoms with E-state index in [0.717, 1.165) is 0 Å². The molecule has 0 fully saturated rings. The molecule has 0 aliphatic rings. The van der Waals surface area contributed by atoms with Gasteiger partial charge in [0.1, 0.15) is 0 Å². The lowest BCUT2D eigenvalue weighted by Gasteiger charge is -2.14. The van der Waals surface area contributed by atoms with Crippen molar-refractivity contribution < 1.29 is 0 Å². The van der Waals surface area contributed by atoms with Gasteiger partial charge in [-0.15, -0.1) is 0 Å².